The van der Waals surface area contributed by atoms with E-state index < -0.39 is 0 Å². The Morgan fingerprint density at radius 3 is 2.93 bits per heavy atom. The van der Waals surface area contributed by atoms with Crippen LogP contribution in [0.3, 0.4) is 0 Å². The van der Waals surface area contributed by atoms with Crippen LogP contribution in [0.2, 0.25) is 0 Å². The molecule has 0 bridgehead atoms. The number of fused-ring (bicyclic) bond motifs is 3. The molecule has 3 rings (SSSR count). The van der Waals surface area contributed by atoms with E-state index in [9.17, 15) is 4.79 Å². The first-order valence-corrected chi connectivity index (χ1v) is 4.85. The molecule has 0 saturated heterocycles. The third kappa shape index (κ3) is 1.09. The molecule has 0 aliphatic heterocycles. The van der Waals surface area contributed by atoms with E-state index >= 15 is 0 Å². The normalized spacial score (nSPS) is 11.3. The van der Waals surface area contributed by atoms with Gasteiger partial charge >= 0.3 is 5.69 Å². The third-order valence-electron chi connectivity index (χ3n) is 2.65. The van der Waals surface area contributed by atoms with E-state index in [1.807, 2.05) is 31.2 Å². The van der Waals surface area contributed by atoms with Gasteiger partial charge < -0.3 is 4.98 Å². The Balaban J connectivity index is 2.65. The van der Waals surface area contributed by atoms with E-state index in [0.717, 1.165) is 16.4 Å². The molecule has 0 amide bonds. The first kappa shape index (κ1) is 8.29. The summed E-state index contributed by atoms with van der Waals surface area (Å²) in [5, 5.41) is 1.10. The number of aromatic amines is 1. The van der Waals surface area contributed by atoms with Crippen molar-refractivity contribution in [1.82, 2.24) is 9.38 Å². The Kier molecular flexibility index (Phi) is 1.51. The molecule has 0 fully saturated rings. The van der Waals surface area contributed by atoms with E-state index in [4.69, 9.17) is 0 Å². The summed E-state index contributed by atoms with van der Waals surface area (Å²) in [5.74, 6) is 0. The molecule has 3 heteroatoms. The standard InChI is InChI=1S/C12H10N2O/c1-8-2-3-11-9(6-8)7-10-4-5-13-12(15)14(10)11/h2-7H,1H3,(H,13,15). The van der Waals surface area contributed by atoms with Crippen LogP contribution in [0.15, 0.2) is 41.3 Å². The van der Waals surface area contributed by atoms with Gasteiger partial charge in [-0.2, -0.15) is 0 Å². The van der Waals surface area contributed by atoms with Crippen LogP contribution in [-0.2, 0) is 0 Å². The summed E-state index contributed by atoms with van der Waals surface area (Å²) in [6.45, 7) is 2.05. The van der Waals surface area contributed by atoms with Gasteiger partial charge in [0, 0.05) is 11.6 Å². The molecule has 0 saturated carbocycles. The van der Waals surface area contributed by atoms with E-state index in [2.05, 4.69) is 11.1 Å². The molecule has 2 aromatic heterocycles. The van der Waals surface area contributed by atoms with Crippen LogP contribution in [0.5, 0.6) is 0 Å². The minimum absolute atomic E-state index is 0.0913. The number of hydrogen-bond donors (Lipinski definition) is 1. The van der Waals surface area contributed by atoms with Crippen LogP contribution in [0.4, 0.5) is 0 Å². The summed E-state index contributed by atoms with van der Waals surface area (Å²) in [4.78, 5) is 14.3. The summed E-state index contributed by atoms with van der Waals surface area (Å²) >= 11 is 0. The van der Waals surface area contributed by atoms with E-state index in [-0.39, 0.29) is 5.69 Å². The predicted octanol–water partition coefficient (Wildman–Crippen LogP) is 2.09. The number of benzene rings is 1. The van der Waals surface area contributed by atoms with Gasteiger partial charge in [0.25, 0.3) is 0 Å². The van der Waals surface area contributed by atoms with Gasteiger partial charge in [0.1, 0.15) is 0 Å². The first-order valence-electron chi connectivity index (χ1n) is 4.85. The second-order valence-corrected chi connectivity index (χ2v) is 3.75. The van der Waals surface area contributed by atoms with Gasteiger partial charge in [-0.15, -0.1) is 0 Å². The molecule has 0 radical (unpaired) electrons. The molecule has 3 nitrogen and oxygen atoms in total. The molecule has 0 unspecified atom stereocenters. The van der Waals surface area contributed by atoms with E-state index in [0.29, 0.717) is 0 Å². The Hall–Kier alpha value is -2.03. The number of aromatic nitrogens is 2. The maximum Gasteiger partial charge on any atom is 0.330 e. The van der Waals surface area contributed by atoms with Crippen molar-refractivity contribution in [3.8, 4) is 0 Å². The minimum Gasteiger partial charge on any atom is -0.314 e. The number of H-pyrrole nitrogens is 1. The zero-order chi connectivity index (χ0) is 10.4. The molecular weight excluding hydrogens is 188 g/mol. The number of nitrogens with zero attached hydrogens (tertiary/aromatic N) is 1. The Labute approximate surface area is 86.0 Å². The van der Waals surface area contributed by atoms with Crippen molar-refractivity contribution in [1.29, 1.82) is 0 Å². The number of hydrogen-bond acceptors (Lipinski definition) is 1. The minimum atomic E-state index is -0.0913. The summed E-state index contributed by atoms with van der Waals surface area (Å²) in [7, 11) is 0. The van der Waals surface area contributed by atoms with Gasteiger partial charge in [0.2, 0.25) is 0 Å². The summed E-state index contributed by atoms with van der Waals surface area (Å²) < 4.78 is 1.69. The van der Waals surface area contributed by atoms with Gasteiger partial charge in [-0.3, -0.25) is 4.40 Å². The lowest BCUT2D eigenvalue weighted by atomic mass is 10.2. The van der Waals surface area contributed by atoms with Gasteiger partial charge in [-0.1, -0.05) is 11.6 Å². The largest absolute Gasteiger partial charge is 0.330 e. The highest BCUT2D eigenvalue weighted by molar-refractivity contribution is 5.87. The lowest BCUT2D eigenvalue weighted by Gasteiger charge is -1.95. The van der Waals surface area contributed by atoms with Crippen LogP contribution >= 0.6 is 0 Å². The summed E-state index contributed by atoms with van der Waals surface area (Å²) in [6.07, 6.45) is 1.67. The van der Waals surface area contributed by atoms with Crippen LogP contribution in [0.1, 0.15) is 5.56 Å². The highest BCUT2D eigenvalue weighted by Gasteiger charge is 2.03. The fourth-order valence-corrected chi connectivity index (χ4v) is 1.97. The zero-order valence-electron chi connectivity index (χ0n) is 8.32. The summed E-state index contributed by atoms with van der Waals surface area (Å²) in [6, 6.07) is 10.0. The number of nitrogens with one attached hydrogen (secondary N) is 1. The number of rotatable bonds is 0. The highest BCUT2D eigenvalue weighted by Crippen LogP contribution is 2.19. The Morgan fingerprint density at radius 2 is 2.07 bits per heavy atom. The monoisotopic (exact) mass is 198 g/mol. The van der Waals surface area contributed by atoms with Crippen molar-refractivity contribution in [2.24, 2.45) is 0 Å². The zero-order valence-corrected chi connectivity index (χ0v) is 8.32. The number of aryl methyl sites for hydroxylation is 1. The quantitative estimate of drug-likeness (QED) is 0.590. The van der Waals surface area contributed by atoms with Gasteiger partial charge in [-0.05, 0) is 31.2 Å². The highest BCUT2D eigenvalue weighted by atomic mass is 16.1. The molecule has 0 atom stereocenters. The van der Waals surface area contributed by atoms with Crippen molar-refractivity contribution in [3.63, 3.8) is 0 Å². The van der Waals surface area contributed by atoms with Crippen LogP contribution < -0.4 is 5.69 Å². The van der Waals surface area contributed by atoms with Gasteiger partial charge in [0.15, 0.2) is 0 Å². The van der Waals surface area contributed by atoms with Crippen LogP contribution in [-0.4, -0.2) is 9.38 Å². The summed E-state index contributed by atoms with van der Waals surface area (Å²) in [5.41, 5.74) is 3.00. The van der Waals surface area contributed by atoms with E-state index in [1.165, 1.54) is 5.56 Å². The average molecular weight is 198 g/mol. The molecular formula is C12H10N2O. The van der Waals surface area contributed by atoms with Crippen molar-refractivity contribution in [2.75, 3.05) is 0 Å². The average Bonchev–Trinajstić information content (AvgIpc) is 2.56. The Bertz CT molecular complexity index is 706. The van der Waals surface area contributed by atoms with Crippen molar-refractivity contribution in [2.45, 2.75) is 6.92 Å². The topological polar surface area (TPSA) is 37.3 Å². The molecule has 0 aliphatic rings. The first-order chi connectivity index (χ1) is 7.25. The molecule has 15 heavy (non-hydrogen) atoms. The second-order valence-electron chi connectivity index (χ2n) is 3.75. The van der Waals surface area contributed by atoms with Gasteiger partial charge in [0.05, 0.1) is 11.0 Å². The fourth-order valence-electron chi connectivity index (χ4n) is 1.97. The van der Waals surface area contributed by atoms with E-state index in [1.54, 1.807) is 10.6 Å². The lowest BCUT2D eigenvalue weighted by Crippen LogP contribution is -2.14. The van der Waals surface area contributed by atoms with Crippen LogP contribution in [0.25, 0.3) is 16.4 Å². The molecule has 3 aromatic rings. The molecule has 0 spiro atoms. The molecule has 2 heterocycles. The Morgan fingerprint density at radius 1 is 1.20 bits per heavy atom. The molecule has 0 aliphatic carbocycles. The lowest BCUT2D eigenvalue weighted by molar-refractivity contribution is 1.04. The molecule has 1 aromatic carbocycles. The van der Waals surface area contributed by atoms with Crippen molar-refractivity contribution >= 4 is 16.4 Å². The molecule has 1 N–H and O–H groups in total. The van der Waals surface area contributed by atoms with Crippen LogP contribution in [0, 0.1) is 6.92 Å². The third-order valence-corrected chi connectivity index (χ3v) is 2.65. The fraction of sp³-hybridized carbons (Fsp3) is 0.0833. The predicted molar refractivity (Wildman–Crippen MR) is 60.3 cm³/mol. The van der Waals surface area contributed by atoms with Gasteiger partial charge in [-0.25, -0.2) is 4.79 Å². The van der Waals surface area contributed by atoms with Crippen molar-refractivity contribution in [3.05, 3.63) is 52.6 Å². The molecule has 74 valence electrons. The van der Waals surface area contributed by atoms with Crippen molar-refractivity contribution < 1.29 is 0 Å². The smallest absolute Gasteiger partial charge is 0.314 e. The SMILES string of the molecule is Cc1ccc2c(c1)cc1cc[nH]c(=O)n12. The maximum absolute atomic E-state index is 11.6. The maximum atomic E-state index is 11.6. The second kappa shape index (κ2) is 2.73.